The molecule has 0 saturated carbocycles. The van der Waals surface area contributed by atoms with Gasteiger partial charge in [0.1, 0.15) is 11.6 Å². The molecule has 0 amide bonds. The van der Waals surface area contributed by atoms with Gasteiger partial charge in [0.2, 0.25) is 0 Å². The SMILES string of the molecule is CC(CO)C(C)Nc1cccc(NN)n1. The molecular formula is C10H18N4O. The van der Waals surface area contributed by atoms with Gasteiger partial charge in [0.05, 0.1) is 0 Å². The maximum Gasteiger partial charge on any atom is 0.142 e. The third kappa shape index (κ3) is 3.38. The topological polar surface area (TPSA) is 83.2 Å². The molecule has 0 aliphatic rings. The molecule has 1 heterocycles. The van der Waals surface area contributed by atoms with Crippen LogP contribution < -0.4 is 16.6 Å². The zero-order chi connectivity index (χ0) is 11.3. The molecule has 2 atom stereocenters. The van der Waals surface area contributed by atoms with E-state index < -0.39 is 0 Å². The fraction of sp³-hybridized carbons (Fsp3) is 0.500. The Morgan fingerprint density at radius 1 is 1.40 bits per heavy atom. The number of aliphatic hydroxyl groups is 1. The summed E-state index contributed by atoms with van der Waals surface area (Å²) in [7, 11) is 0. The fourth-order valence-electron chi connectivity index (χ4n) is 1.13. The monoisotopic (exact) mass is 210 g/mol. The molecule has 0 bridgehead atoms. The number of rotatable bonds is 5. The molecule has 5 nitrogen and oxygen atoms in total. The summed E-state index contributed by atoms with van der Waals surface area (Å²) in [6.07, 6.45) is 0. The van der Waals surface area contributed by atoms with Crippen LogP contribution in [0.1, 0.15) is 13.8 Å². The first-order valence-electron chi connectivity index (χ1n) is 4.98. The molecule has 0 aromatic carbocycles. The fourth-order valence-corrected chi connectivity index (χ4v) is 1.13. The first-order valence-corrected chi connectivity index (χ1v) is 4.98. The number of aromatic nitrogens is 1. The van der Waals surface area contributed by atoms with Crippen LogP contribution in [0.15, 0.2) is 18.2 Å². The second-order valence-corrected chi connectivity index (χ2v) is 3.65. The van der Waals surface area contributed by atoms with Gasteiger partial charge in [0, 0.05) is 12.6 Å². The van der Waals surface area contributed by atoms with Crippen LogP contribution in [-0.4, -0.2) is 22.7 Å². The minimum Gasteiger partial charge on any atom is -0.396 e. The zero-order valence-corrected chi connectivity index (χ0v) is 9.07. The van der Waals surface area contributed by atoms with Crippen molar-refractivity contribution < 1.29 is 5.11 Å². The van der Waals surface area contributed by atoms with Gasteiger partial charge in [0.25, 0.3) is 0 Å². The highest BCUT2D eigenvalue weighted by molar-refractivity contribution is 5.44. The molecule has 5 N–H and O–H groups in total. The average molecular weight is 210 g/mol. The van der Waals surface area contributed by atoms with Gasteiger partial charge in [-0.05, 0) is 25.0 Å². The summed E-state index contributed by atoms with van der Waals surface area (Å²) in [6.45, 7) is 4.14. The molecule has 84 valence electrons. The first kappa shape index (κ1) is 11.7. The Morgan fingerprint density at radius 2 is 2.07 bits per heavy atom. The Labute approximate surface area is 89.7 Å². The van der Waals surface area contributed by atoms with E-state index in [4.69, 9.17) is 10.9 Å². The van der Waals surface area contributed by atoms with Crippen LogP contribution in [0.5, 0.6) is 0 Å². The van der Waals surface area contributed by atoms with Gasteiger partial charge in [-0.25, -0.2) is 10.8 Å². The van der Waals surface area contributed by atoms with Gasteiger partial charge < -0.3 is 15.8 Å². The van der Waals surface area contributed by atoms with Crippen molar-refractivity contribution in [2.24, 2.45) is 11.8 Å². The Hall–Kier alpha value is -1.33. The zero-order valence-electron chi connectivity index (χ0n) is 9.07. The number of anilines is 2. The van der Waals surface area contributed by atoms with Crippen LogP contribution in [0.3, 0.4) is 0 Å². The van der Waals surface area contributed by atoms with Crippen molar-refractivity contribution in [3.8, 4) is 0 Å². The smallest absolute Gasteiger partial charge is 0.142 e. The van der Waals surface area contributed by atoms with Gasteiger partial charge in [-0.3, -0.25) is 0 Å². The van der Waals surface area contributed by atoms with Crippen LogP contribution in [0.25, 0.3) is 0 Å². The van der Waals surface area contributed by atoms with Crippen LogP contribution in [0.2, 0.25) is 0 Å². The summed E-state index contributed by atoms with van der Waals surface area (Å²) in [4.78, 5) is 4.22. The largest absolute Gasteiger partial charge is 0.396 e. The molecule has 0 aliphatic heterocycles. The molecule has 2 unspecified atom stereocenters. The molecule has 0 radical (unpaired) electrons. The number of nitrogens with two attached hydrogens (primary N) is 1. The summed E-state index contributed by atoms with van der Waals surface area (Å²) < 4.78 is 0. The van der Waals surface area contributed by atoms with E-state index >= 15 is 0 Å². The summed E-state index contributed by atoms with van der Waals surface area (Å²) >= 11 is 0. The Balaban J connectivity index is 2.63. The highest BCUT2D eigenvalue weighted by Gasteiger charge is 2.10. The van der Waals surface area contributed by atoms with Crippen molar-refractivity contribution >= 4 is 11.6 Å². The second kappa shape index (κ2) is 5.53. The molecular weight excluding hydrogens is 192 g/mol. The van der Waals surface area contributed by atoms with E-state index in [0.29, 0.717) is 5.82 Å². The number of aliphatic hydroxyl groups excluding tert-OH is 1. The molecule has 5 heteroatoms. The van der Waals surface area contributed by atoms with Crippen molar-refractivity contribution in [1.29, 1.82) is 0 Å². The maximum absolute atomic E-state index is 8.99. The van der Waals surface area contributed by atoms with E-state index in [9.17, 15) is 0 Å². The van der Waals surface area contributed by atoms with Crippen LogP contribution >= 0.6 is 0 Å². The van der Waals surface area contributed by atoms with Gasteiger partial charge in [-0.15, -0.1) is 0 Å². The van der Waals surface area contributed by atoms with Crippen molar-refractivity contribution in [2.75, 3.05) is 17.3 Å². The molecule has 1 aromatic rings. The van der Waals surface area contributed by atoms with E-state index in [1.54, 1.807) is 6.07 Å². The second-order valence-electron chi connectivity index (χ2n) is 3.65. The van der Waals surface area contributed by atoms with Crippen LogP contribution in [-0.2, 0) is 0 Å². The Bertz CT molecular complexity index is 305. The average Bonchev–Trinajstić information content (AvgIpc) is 2.28. The normalized spacial score (nSPS) is 14.4. The predicted octanol–water partition coefficient (Wildman–Crippen LogP) is 0.796. The molecule has 15 heavy (non-hydrogen) atoms. The van der Waals surface area contributed by atoms with Crippen LogP contribution in [0, 0.1) is 5.92 Å². The van der Waals surface area contributed by atoms with Gasteiger partial charge in [0.15, 0.2) is 0 Å². The number of nitrogen functional groups attached to an aromatic ring is 1. The third-order valence-corrected chi connectivity index (χ3v) is 2.41. The van der Waals surface area contributed by atoms with E-state index in [1.165, 1.54) is 0 Å². The highest BCUT2D eigenvalue weighted by atomic mass is 16.3. The molecule has 1 rings (SSSR count). The lowest BCUT2D eigenvalue weighted by atomic mass is 10.1. The van der Waals surface area contributed by atoms with E-state index in [1.807, 2.05) is 26.0 Å². The first-order chi connectivity index (χ1) is 7.17. The summed E-state index contributed by atoms with van der Waals surface area (Å²) in [5.41, 5.74) is 2.48. The standard InChI is InChI=1S/C10H18N4O/c1-7(6-15)8(2)12-9-4-3-5-10(13-9)14-11/h3-5,7-8,15H,6,11H2,1-2H3,(H2,12,13,14). The third-order valence-electron chi connectivity index (χ3n) is 2.41. The van der Waals surface area contributed by atoms with E-state index in [2.05, 4.69) is 15.7 Å². The van der Waals surface area contributed by atoms with Gasteiger partial charge >= 0.3 is 0 Å². The number of hydrazine groups is 1. The molecule has 1 aromatic heterocycles. The molecule has 0 fully saturated rings. The predicted molar refractivity (Wildman–Crippen MR) is 61.4 cm³/mol. The van der Waals surface area contributed by atoms with Gasteiger partial charge in [-0.1, -0.05) is 13.0 Å². The molecule has 0 saturated heterocycles. The lowest BCUT2D eigenvalue weighted by Crippen LogP contribution is -2.26. The van der Waals surface area contributed by atoms with Crippen molar-refractivity contribution in [1.82, 2.24) is 4.98 Å². The quantitative estimate of drug-likeness (QED) is 0.427. The lowest BCUT2D eigenvalue weighted by Gasteiger charge is -2.19. The minimum absolute atomic E-state index is 0.156. The van der Waals surface area contributed by atoms with Crippen molar-refractivity contribution in [3.63, 3.8) is 0 Å². The van der Waals surface area contributed by atoms with Gasteiger partial charge in [-0.2, -0.15) is 0 Å². The van der Waals surface area contributed by atoms with E-state index in [-0.39, 0.29) is 18.6 Å². The summed E-state index contributed by atoms with van der Waals surface area (Å²) in [5.74, 6) is 6.80. The number of nitrogens with zero attached hydrogens (tertiary/aromatic N) is 1. The number of nitrogens with one attached hydrogen (secondary N) is 2. The van der Waals surface area contributed by atoms with E-state index in [0.717, 1.165) is 5.82 Å². The number of hydrogen-bond donors (Lipinski definition) is 4. The summed E-state index contributed by atoms with van der Waals surface area (Å²) in [5, 5.41) is 12.2. The summed E-state index contributed by atoms with van der Waals surface area (Å²) in [6, 6.07) is 5.67. The highest BCUT2D eigenvalue weighted by Crippen LogP contribution is 2.12. The Kier molecular flexibility index (Phi) is 4.33. The van der Waals surface area contributed by atoms with Crippen LogP contribution in [0.4, 0.5) is 11.6 Å². The maximum atomic E-state index is 8.99. The minimum atomic E-state index is 0.156. The lowest BCUT2D eigenvalue weighted by molar-refractivity contribution is 0.226. The Morgan fingerprint density at radius 3 is 2.67 bits per heavy atom. The van der Waals surface area contributed by atoms with Crippen molar-refractivity contribution in [2.45, 2.75) is 19.9 Å². The van der Waals surface area contributed by atoms with Crippen molar-refractivity contribution in [3.05, 3.63) is 18.2 Å². The number of hydrogen-bond acceptors (Lipinski definition) is 5. The molecule has 0 spiro atoms. The molecule has 0 aliphatic carbocycles. The number of pyridine rings is 1.